The second kappa shape index (κ2) is 17.0. The summed E-state index contributed by atoms with van der Waals surface area (Å²) in [6.07, 6.45) is 29.3. The van der Waals surface area contributed by atoms with Gasteiger partial charge in [-0.3, -0.25) is 0 Å². The first-order chi connectivity index (χ1) is 28.2. The minimum absolute atomic E-state index is 0.847. The van der Waals surface area contributed by atoms with Gasteiger partial charge in [0.05, 0.1) is 0 Å². The largest absolute Gasteiger partial charge is 0.0836 e. The van der Waals surface area contributed by atoms with Crippen LogP contribution in [0.2, 0.25) is 0 Å². The Hall–Kier alpha value is -6.03. The highest BCUT2D eigenvalue weighted by molar-refractivity contribution is 14.1. The molecule has 0 saturated heterocycles. The maximum Gasteiger partial charge on any atom is 0.0221 e. The fourth-order valence-electron chi connectivity index (χ4n) is 8.28. The van der Waals surface area contributed by atoms with Gasteiger partial charge in [-0.25, -0.2) is 0 Å². The van der Waals surface area contributed by atoms with Crippen LogP contribution in [0, 0.1) is 3.57 Å². The molecule has 0 N–H and O–H groups in total. The Balaban J connectivity index is 1.31. The van der Waals surface area contributed by atoms with Crippen LogP contribution in [0.5, 0.6) is 0 Å². The molecule has 0 nitrogen and oxygen atoms in total. The Labute approximate surface area is 350 Å². The second-order valence-corrected chi connectivity index (χ2v) is 15.8. The summed E-state index contributed by atoms with van der Waals surface area (Å²) in [6.45, 7) is 0. The Morgan fingerprint density at radius 2 is 1.12 bits per heavy atom. The van der Waals surface area contributed by atoms with Crippen LogP contribution in [0.4, 0.5) is 0 Å². The van der Waals surface area contributed by atoms with E-state index in [1.165, 1.54) is 91.9 Å². The number of hydrogen-bond acceptors (Lipinski definition) is 0. The van der Waals surface area contributed by atoms with Crippen LogP contribution in [0.25, 0.3) is 60.5 Å². The molecule has 0 fully saturated rings. The van der Waals surface area contributed by atoms with Gasteiger partial charge in [0.2, 0.25) is 0 Å². The van der Waals surface area contributed by atoms with Gasteiger partial charge in [0.1, 0.15) is 0 Å². The fourth-order valence-corrected chi connectivity index (χ4v) is 9.20. The Bertz CT molecular complexity index is 2820. The molecule has 3 aliphatic carbocycles. The van der Waals surface area contributed by atoms with Crippen LogP contribution in [-0.2, 0) is 0 Å². The number of fused-ring (bicyclic) bond motifs is 2. The third kappa shape index (κ3) is 7.86. The monoisotopic (exact) mass is 842 g/mol. The van der Waals surface area contributed by atoms with E-state index >= 15 is 0 Å². The molecule has 0 radical (unpaired) electrons. The zero-order valence-corrected chi connectivity index (χ0v) is 34.1. The van der Waals surface area contributed by atoms with Crippen LogP contribution in [0.3, 0.4) is 0 Å². The fraction of sp³-hybridized carbons (Fsp3) is 0.0714. The van der Waals surface area contributed by atoms with Crippen molar-refractivity contribution in [2.45, 2.75) is 25.7 Å². The average Bonchev–Trinajstić information content (AvgIpc) is 3.68. The minimum Gasteiger partial charge on any atom is -0.0836 e. The van der Waals surface area contributed by atoms with Crippen molar-refractivity contribution in [3.8, 4) is 22.3 Å². The molecular weight excluding hydrogens is 800 g/mol. The van der Waals surface area contributed by atoms with Gasteiger partial charge in [-0.2, -0.15) is 0 Å². The van der Waals surface area contributed by atoms with Crippen molar-refractivity contribution in [1.82, 2.24) is 0 Å². The first-order valence-corrected chi connectivity index (χ1v) is 21.1. The van der Waals surface area contributed by atoms with E-state index in [4.69, 9.17) is 0 Å². The van der Waals surface area contributed by atoms with Crippen molar-refractivity contribution in [2.75, 3.05) is 0 Å². The van der Waals surface area contributed by atoms with Crippen molar-refractivity contribution in [3.63, 3.8) is 0 Å². The number of hydrogen-bond donors (Lipinski definition) is 0. The van der Waals surface area contributed by atoms with Crippen molar-refractivity contribution in [3.05, 3.63) is 244 Å². The Morgan fingerprint density at radius 1 is 0.404 bits per heavy atom. The zero-order valence-electron chi connectivity index (χ0n) is 31.9. The summed E-state index contributed by atoms with van der Waals surface area (Å²) >= 11 is 2.61. The predicted octanol–water partition coefficient (Wildman–Crippen LogP) is 16.0. The van der Waals surface area contributed by atoms with E-state index in [-0.39, 0.29) is 0 Å². The van der Waals surface area contributed by atoms with Gasteiger partial charge in [-0.1, -0.05) is 194 Å². The van der Waals surface area contributed by atoms with Gasteiger partial charge in [-0.15, -0.1) is 0 Å². The topological polar surface area (TPSA) is 0 Å². The molecule has 6 aromatic rings. The lowest BCUT2D eigenvalue weighted by atomic mass is 9.86. The number of allylic oxidation sites excluding steroid dienone is 16. The summed E-state index contributed by atoms with van der Waals surface area (Å²) in [5.74, 6) is 0. The normalized spacial score (nSPS) is 15.1. The summed E-state index contributed by atoms with van der Waals surface area (Å²) < 4.78 is 1.20. The summed E-state index contributed by atoms with van der Waals surface area (Å²) in [7, 11) is 0. The van der Waals surface area contributed by atoms with E-state index < -0.39 is 0 Å². The highest BCUT2D eigenvalue weighted by atomic mass is 127. The highest BCUT2D eigenvalue weighted by Gasteiger charge is 2.19. The SMILES string of the molecule is Ic1cc2ccccc2c(C2=CCC=C(c3ccccc3)C=C2C2=CCCC=C2)ccc2ccccc2c1-c1ccc(-c2ccccc2)cc1C1=CCC=CC=C1. The lowest BCUT2D eigenvalue weighted by Gasteiger charge is -2.18. The first kappa shape index (κ1) is 36.6. The highest BCUT2D eigenvalue weighted by Crippen LogP contribution is 2.42. The predicted molar refractivity (Wildman–Crippen MR) is 255 cm³/mol. The van der Waals surface area contributed by atoms with Gasteiger partial charge in [0, 0.05) is 9.13 Å². The molecule has 0 heterocycles. The molecule has 0 atom stereocenters. The number of benzene rings is 5. The first-order valence-electron chi connectivity index (χ1n) is 20.0. The number of halogens is 1. The van der Waals surface area contributed by atoms with E-state index in [2.05, 4.69) is 235 Å². The molecule has 0 unspecified atom stereocenters. The molecule has 9 rings (SSSR count). The van der Waals surface area contributed by atoms with Crippen molar-refractivity contribution in [2.24, 2.45) is 0 Å². The maximum absolute atomic E-state index is 2.61. The summed E-state index contributed by atoms with van der Waals surface area (Å²) in [5.41, 5.74) is 14.9. The summed E-state index contributed by atoms with van der Waals surface area (Å²) in [6, 6.07) is 53.6. The van der Waals surface area contributed by atoms with Crippen molar-refractivity contribution >= 4 is 60.9 Å². The molecule has 3 aliphatic rings. The van der Waals surface area contributed by atoms with E-state index in [1.54, 1.807) is 0 Å². The van der Waals surface area contributed by atoms with Crippen molar-refractivity contribution in [1.29, 1.82) is 0 Å². The van der Waals surface area contributed by atoms with Gasteiger partial charge in [-0.05, 0) is 149 Å². The molecule has 0 bridgehead atoms. The van der Waals surface area contributed by atoms with Gasteiger partial charge in [0.25, 0.3) is 0 Å². The minimum atomic E-state index is 0.847. The van der Waals surface area contributed by atoms with E-state index in [9.17, 15) is 0 Å². The molecule has 57 heavy (non-hydrogen) atoms. The standard InChI is InChI=1S/C56H43I/c57-55-39-47-28-15-16-30-48(47)51(50-32-18-29-45(40-19-8-3-9-20-40)37-53(50)42-25-12-5-13-26-42)35-33-44-27-14-17-31-49(44)56(55)52-36-34-46(41-21-10-4-11-22-41)38-54(52)43-23-6-1-2-7-24-43/h1-4,6,8-12,14-17,19-39H,5,7,13,18H2. The third-order valence-corrected chi connectivity index (χ3v) is 11.9. The lowest BCUT2D eigenvalue weighted by molar-refractivity contribution is 1.02. The van der Waals surface area contributed by atoms with Crippen molar-refractivity contribution < 1.29 is 0 Å². The lowest BCUT2D eigenvalue weighted by Crippen LogP contribution is -1.97. The van der Waals surface area contributed by atoms with E-state index in [1.807, 2.05) is 0 Å². The zero-order chi connectivity index (χ0) is 38.4. The third-order valence-electron chi connectivity index (χ3n) is 11.1. The second-order valence-electron chi connectivity index (χ2n) is 14.7. The molecular formula is C56H43I. The van der Waals surface area contributed by atoms with E-state index in [0.29, 0.717) is 0 Å². The Kier molecular flexibility index (Phi) is 10.9. The molecule has 0 aromatic heterocycles. The van der Waals surface area contributed by atoms with Gasteiger partial charge >= 0.3 is 0 Å². The van der Waals surface area contributed by atoms with Crippen LogP contribution in [-0.4, -0.2) is 0 Å². The van der Waals surface area contributed by atoms with E-state index in [0.717, 1.165) is 25.7 Å². The molecule has 6 aromatic carbocycles. The van der Waals surface area contributed by atoms with Crippen LogP contribution in [0.1, 0.15) is 42.4 Å². The summed E-state index contributed by atoms with van der Waals surface area (Å²) in [5, 5.41) is 4.83. The number of rotatable bonds is 6. The van der Waals surface area contributed by atoms with Crippen LogP contribution in [0.15, 0.2) is 224 Å². The average molecular weight is 843 g/mol. The molecule has 0 saturated carbocycles. The van der Waals surface area contributed by atoms with Gasteiger partial charge < -0.3 is 0 Å². The molecule has 274 valence electrons. The van der Waals surface area contributed by atoms with Crippen LogP contribution < -0.4 is 0 Å². The Morgan fingerprint density at radius 3 is 1.93 bits per heavy atom. The molecule has 1 heteroatoms. The molecule has 0 amide bonds. The molecule has 0 spiro atoms. The maximum atomic E-state index is 2.61. The smallest absolute Gasteiger partial charge is 0.0221 e. The quantitative estimate of drug-likeness (QED) is 0.147. The summed E-state index contributed by atoms with van der Waals surface area (Å²) in [4.78, 5) is 0. The van der Waals surface area contributed by atoms with Gasteiger partial charge in [0.15, 0.2) is 0 Å². The molecule has 0 aliphatic heterocycles. The van der Waals surface area contributed by atoms with Crippen LogP contribution >= 0.6 is 22.6 Å².